The van der Waals surface area contributed by atoms with Crippen LogP contribution in [0.2, 0.25) is 0 Å². The van der Waals surface area contributed by atoms with E-state index in [9.17, 15) is 22.7 Å². The highest BCUT2D eigenvalue weighted by Crippen LogP contribution is 2.41. The molecule has 0 bridgehead atoms. The molecule has 0 aliphatic carbocycles. The van der Waals surface area contributed by atoms with E-state index < -0.39 is 21.4 Å². The Morgan fingerprint density at radius 3 is 2.59 bits per heavy atom. The molecular weight excluding hydrogens is 455 g/mol. The lowest BCUT2D eigenvalue weighted by Gasteiger charge is -2.15. The Hall–Kier alpha value is -2.27. The monoisotopic (exact) mass is 482 g/mol. The molecule has 1 aromatic heterocycles. The number of phenolic OH excluding ortho intramolecular Hbond substituents is 1. The molecule has 10 heteroatoms. The van der Waals surface area contributed by atoms with Crippen LogP contribution in [0.15, 0.2) is 40.0 Å². The molecule has 0 radical (unpaired) electrons. The first-order valence-corrected chi connectivity index (χ1v) is 12.9. The van der Waals surface area contributed by atoms with Crippen molar-refractivity contribution < 1.29 is 22.7 Å². The van der Waals surface area contributed by atoms with Crippen LogP contribution < -0.4 is 10.2 Å². The summed E-state index contributed by atoms with van der Waals surface area (Å²) in [6.45, 7) is 6.02. The van der Waals surface area contributed by atoms with E-state index in [0.29, 0.717) is 30.0 Å². The van der Waals surface area contributed by atoms with Crippen molar-refractivity contribution in [2.45, 2.75) is 31.7 Å². The minimum Gasteiger partial charge on any atom is -0.504 e. The summed E-state index contributed by atoms with van der Waals surface area (Å²) in [6, 6.07) is 6.96. The van der Waals surface area contributed by atoms with E-state index in [0.717, 1.165) is 17.9 Å². The number of aromatic nitrogens is 1. The fourth-order valence-corrected chi connectivity index (χ4v) is 6.09. The minimum atomic E-state index is -3.93. The second kappa shape index (κ2) is 10.6. The number of halogens is 1. The molecule has 0 saturated heterocycles. The first-order valence-electron chi connectivity index (χ1n) is 10.5. The van der Waals surface area contributed by atoms with Gasteiger partial charge >= 0.3 is 4.87 Å². The number of benzene rings is 2. The topological polar surface area (TPSA) is 97.6 Å². The summed E-state index contributed by atoms with van der Waals surface area (Å²) in [5.41, 5.74) is 0.880. The van der Waals surface area contributed by atoms with Gasteiger partial charge in [-0.15, -0.1) is 0 Å². The highest BCUT2D eigenvalue weighted by molar-refractivity contribution is 7.91. The van der Waals surface area contributed by atoms with Crippen LogP contribution in [-0.4, -0.2) is 50.1 Å². The molecule has 0 saturated carbocycles. The van der Waals surface area contributed by atoms with Crippen molar-refractivity contribution in [1.29, 1.82) is 0 Å². The minimum absolute atomic E-state index is 0.201. The molecule has 0 aliphatic heterocycles. The molecule has 0 unspecified atom stereocenters. The molecule has 7 nitrogen and oxygen atoms in total. The number of fused-ring (bicyclic) bond motifs is 1. The normalized spacial score (nSPS) is 12.0. The molecule has 3 rings (SSSR count). The maximum atomic E-state index is 13.5. The van der Waals surface area contributed by atoms with Crippen molar-refractivity contribution in [3.63, 3.8) is 0 Å². The first-order chi connectivity index (χ1) is 15.3. The fourth-order valence-electron chi connectivity index (χ4n) is 3.52. The second-order valence-corrected chi connectivity index (χ2v) is 10.2. The van der Waals surface area contributed by atoms with Gasteiger partial charge in [0, 0.05) is 31.9 Å². The van der Waals surface area contributed by atoms with E-state index >= 15 is 0 Å². The number of aromatic hydroxyl groups is 1. The Morgan fingerprint density at radius 1 is 1.22 bits per heavy atom. The largest absolute Gasteiger partial charge is 0.504 e. The van der Waals surface area contributed by atoms with E-state index in [-0.39, 0.29) is 39.6 Å². The lowest BCUT2D eigenvalue weighted by molar-refractivity contribution is 0.148. The summed E-state index contributed by atoms with van der Waals surface area (Å²) in [7, 11) is -3.93. The van der Waals surface area contributed by atoms with Gasteiger partial charge in [-0.1, -0.05) is 30.4 Å². The number of sulfone groups is 1. The van der Waals surface area contributed by atoms with Crippen LogP contribution in [0.25, 0.3) is 21.3 Å². The van der Waals surface area contributed by atoms with Gasteiger partial charge in [0.05, 0.1) is 10.5 Å². The summed E-state index contributed by atoms with van der Waals surface area (Å²) < 4.78 is 47.2. The van der Waals surface area contributed by atoms with Crippen molar-refractivity contribution in [2.24, 2.45) is 0 Å². The summed E-state index contributed by atoms with van der Waals surface area (Å²) >= 11 is 0.937. The van der Waals surface area contributed by atoms with Crippen LogP contribution in [-0.2, 0) is 21.1 Å². The van der Waals surface area contributed by atoms with Gasteiger partial charge in [0.15, 0.2) is 15.6 Å². The van der Waals surface area contributed by atoms with Gasteiger partial charge in [0.1, 0.15) is 16.2 Å². The Morgan fingerprint density at radius 2 is 1.94 bits per heavy atom. The smallest absolute Gasteiger partial charge is 0.308 e. The number of phenols is 1. The van der Waals surface area contributed by atoms with E-state index in [4.69, 9.17) is 4.74 Å². The third-order valence-electron chi connectivity index (χ3n) is 5.01. The van der Waals surface area contributed by atoms with Crippen LogP contribution >= 0.6 is 11.3 Å². The Bertz CT molecular complexity index is 1230. The Kier molecular flexibility index (Phi) is 8.05. The molecule has 2 N–H and O–H groups in total. The zero-order chi connectivity index (χ0) is 23.3. The molecule has 0 atom stereocenters. The van der Waals surface area contributed by atoms with E-state index in [2.05, 4.69) is 5.32 Å². The number of nitrogens with zero attached hydrogens (tertiary/aromatic N) is 1. The quantitative estimate of drug-likeness (QED) is 0.407. The van der Waals surface area contributed by atoms with Crippen LogP contribution in [0.5, 0.6) is 5.75 Å². The maximum Gasteiger partial charge on any atom is 0.308 e. The number of thiazole rings is 1. The standard InChI is InChI=1S/C22H27FN2O5S2/c1-3-24-10-11-25-19-18(31-22(25)27)14-17(15-6-8-16(23)9-7-15)21(20(19)26)32(28,29)13-5-12-30-4-2/h6-9,14,24,26H,3-5,10-13H2,1-2H3. The SMILES string of the molecule is CCNCCn1c(=O)sc2cc(-c3ccc(F)cc3)c(S(=O)(=O)CCCOCC)c(O)c21. The van der Waals surface area contributed by atoms with Gasteiger partial charge in [-0.2, -0.15) is 0 Å². The highest BCUT2D eigenvalue weighted by Gasteiger charge is 2.28. The second-order valence-electron chi connectivity index (χ2n) is 7.20. The average molecular weight is 483 g/mol. The third kappa shape index (κ3) is 5.20. The molecule has 0 spiro atoms. The highest BCUT2D eigenvalue weighted by atomic mass is 32.2. The molecule has 174 valence electrons. The Labute approximate surface area is 190 Å². The molecule has 0 amide bonds. The molecule has 1 heterocycles. The van der Waals surface area contributed by atoms with E-state index in [1.165, 1.54) is 28.8 Å². The van der Waals surface area contributed by atoms with Crippen LogP contribution in [0.3, 0.4) is 0 Å². The van der Waals surface area contributed by atoms with Gasteiger partial charge < -0.3 is 15.2 Å². The van der Waals surface area contributed by atoms with Gasteiger partial charge in [-0.3, -0.25) is 9.36 Å². The number of likely N-dealkylation sites (N-methyl/N-ethyl adjacent to an activating group) is 1. The number of hydrogen-bond acceptors (Lipinski definition) is 7. The lowest BCUT2D eigenvalue weighted by atomic mass is 10.0. The van der Waals surface area contributed by atoms with E-state index in [1.54, 1.807) is 6.07 Å². The van der Waals surface area contributed by atoms with Crippen molar-refractivity contribution in [2.75, 3.05) is 32.1 Å². The summed E-state index contributed by atoms with van der Waals surface area (Å²) in [6.07, 6.45) is 0.257. The Balaban J connectivity index is 2.21. The van der Waals surface area contributed by atoms with Crippen molar-refractivity contribution >= 4 is 31.4 Å². The summed E-state index contributed by atoms with van der Waals surface area (Å²) in [5.74, 6) is -1.14. The predicted octanol–water partition coefficient (Wildman–Crippen LogP) is 3.38. The van der Waals surface area contributed by atoms with Gasteiger partial charge in [-0.25, -0.2) is 12.8 Å². The van der Waals surface area contributed by atoms with E-state index in [1.807, 2.05) is 13.8 Å². The zero-order valence-corrected chi connectivity index (χ0v) is 19.7. The van der Waals surface area contributed by atoms with Gasteiger partial charge in [-0.05, 0) is 43.7 Å². The first kappa shape index (κ1) is 24.4. The van der Waals surface area contributed by atoms with Crippen molar-refractivity contribution in [3.05, 3.63) is 45.8 Å². The molecule has 0 aliphatic rings. The number of ether oxygens (including phenoxy) is 1. The number of hydrogen-bond donors (Lipinski definition) is 2. The zero-order valence-electron chi connectivity index (χ0n) is 18.1. The molecule has 3 aromatic rings. The van der Waals surface area contributed by atoms with Crippen LogP contribution in [0.1, 0.15) is 20.3 Å². The molecule has 32 heavy (non-hydrogen) atoms. The van der Waals surface area contributed by atoms with Crippen LogP contribution in [0, 0.1) is 5.82 Å². The molecule has 0 fully saturated rings. The average Bonchev–Trinajstić information content (AvgIpc) is 3.07. The van der Waals surface area contributed by atoms with Crippen molar-refractivity contribution in [1.82, 2.24) is 9.88 Å². The third-order valence-corrected chi connectivity index (χ3v) is 7.80. The predicted molar refractivity (Wildman–Crippen MR) is 125 cm³/mol. The van der Waals surface area contributed by atoms with Gasteiger partial charge in [0.25, 0.3) is 0 Å². The summed E-state index contributed by atoms with van der Waals surface area (Å²) in [5, 5.41) is 14.3. The number of rotatable bonds is 11. The maximum absolute atomic E-state index is 13.5. The van der Waals surface area contributed by atoms with Crippen molar-refractivity contribution in [3.8, 4) is 16.9 Å². The molecule has 2 aromatic carbocycles. The van der Waals surface area contributed by atoms with Gasteiger partial charge in [0.2, 0.25) is 0 Å². The molecular formula is C22H27FN2O5S2. The lowest BCUT2D eigenvalue weighted by Crippen LogP contribution is -2.23. The summed E-state index contributed by atoms with van der Waals surface area (Å²) in [4.78, 5) is 12.1. The van der Waals surface area contributed by atoms with Crippen LogP contribution in [0.4, 0.5) is 4.39 Å². The fraction of sp³-hybridized carbons (Fsp3) is 0.409. The number of nitrogens with one attached hydrogen (secondary N) is 1.